The molecule has 1 nitrogen and oxygen atoms in total. The molecule has 0 N–H and O–H groups in total. The standard InChI is InChI=1S/C11H16O/c12-11-6-2-5-9-3-1-4-10(9)7-8-11/h5,10H,1-4,6-8H2/b9-5-/t10-/m1/s1. The van der Waals surface area contributed by atoms with E-state index < -0.39 is 0 Å². The van der Waals surface area contributed by atoms with Crippen LogP contribution in [0.4, 0.5) is 0 Å². The average molecular weight is 164 g/mol. The Hall–Kier alpha value is -0.590. The summed E-state index contributed by atoms with van der Waals surface area (Å²) in [6.07, 6.45) is 10.1. The second-order valence-electron chi connectivity index (χ2n) is 3.98. The van der Waals surface area contributed by atoms with E-state index in [9.17, 15) is 4.79 Å². The molecule has 0 aromatic heterocycles. The van der Waals surface area contributed by atoms with Crippen molar-refractivity contribution in [3.63, 3.8) is 0 Å². The molecule has 1 atom stereocenters. The van der Waals surface area contributed by atoms with E-state index in [4.69, 9.17) is 0 Å². The van der Waals surface area contributed by atoms with Crippen LogP contribution in [0.1, 0.15) is 44.9 Å². The van der Waals surface area contributed by atoms with Crippen LogP contribution in [-0.2, 0) is 4.79 Å². The first-order valence-electron chi connectivity index (χ1n) is 5.07. The molecule has 0 aliphatic heterocycles. The first-order valence-corrected chi connectivity index (χ1v) is 5.07. The molecule has 0 unspecified atom stereocenters. The number of hydrogen-bond donors (Lipinski definition) is 0. The Morgan fingerprint density at radius 3 is 3.00 bits per heavy atom. The van der Waals surface area contributed by atoms with E-state index >= 15 is 0 Å². The lowest BCUT2D eigenvalue weighted by molar-refractivity contribution is -0.119. The summed E-state index contributed by atoms with van der Waals surface area (Å²) in [5.41, 5.74) is 1.66. The lowest BCUT2D eigenvalue weighted by Crippen LogP contribution is -2.06. The fourth-order valence-electron chi connectivity index (χ4n) is 2.42. The van der Waals surface area contributed by atoms with Gasteiger partial charge in [0.05, 0.1) is 0 Å². The zero-order valence-electron chi connectivity index (χ0n) is 7.51. The van der Waals surface area contributed by atoms with E-state index in [1.54, 1.807) is 5.57 Å². The molecule has 0 aromatic rings. The van der Waals surface area contributed by atoms with Crippen LogP contribution in [-0.4, -0.2) is 5.78 Å². The summed E-state index contributed by atoms with van der Waals surface area (Å²) in [4.78, 5) is 11.2. The second kappa shape index (κ2) is 3.42. The highest BCUT2D eigenvalue weighted by atomic mass is 16.1. The van der Waals surface area contributed by atoms with Crippen molar-refractivity contribution in [1.29, 1.82) is 0 Å². The molecule has 0 aromatic carbocycles. The van der Waals surface area contributed by atoms with Gasteiger partial charge in [0.1, 0.15) is 5.78 Å². The number of fused-ring (bicyclic) bond motifs is 1. The van der Waals surface area contributed by atoms with Crippen LogP contribution in [0.5, 0.6) is 0 Å². The molecule has 12 heavy (non-hydrogen) atoms. The highest BCUT2D eigenvalue weighted by Crippen LogP contribution is 2.35. The lowest BCUT2D eigenvalue weighted by atomic mass is 9.91. The van der Waals surface area contributed by atoms with Crippen molar-refractivity contribution in [2.24, 2.45) is 5.92 Å². The summed E-state index contributed by atoms with van der Waals surface area (Å²) in [6, 6.07) is 0. The van der Waals surface area contributed by atoms with E-state index in [2.05, 4.69) is 6.08 Å². The van der Waals surface area contributed by atoms with Gasteiger partial charge >= 0.3 is 0 Å². The molecule has 1 heteroatoms. The molecule has 66 valence electrons. The smallest absolute Gasteiger partial charge is 0.133 e. The zero-order chi connectivity index (χ0) is 8.39. The molecule has 0 amide bonds. The number of Topliss-reactive ketones (excluding diaryl/α,β-unsaturated/α-hetero) is 1. The number of carbonyl (C=O) groups excluding carboxylic acids is 1. The Balaban J connectivity index is 2.08. The minimum atomic E-state index is 0.470. The van der Waals surface area contributed by atoms with E-state index in [-0.39, 0.29) is 0 Å². The summed E-state index contributed by atoms with van der Waals surface area (Å²) in [5, 5.41) is 0. The number of rotatable bonds is 0. The number of carbonyl (C=O) groups is 1. The molecule has 0 spiro atoms. The van der Waals surface area contributed by atoms with Crippen LogP contribution in [0.15, 0.2) is 11.6 Å². The van der Waals surface area contributed by atoms with Crippen molar-refractivity contribution in [2.45, 2.75) is 44.9 Å². The van der Waals surface area contributed by atoms with Crippen molar-refractivity contribution in [3.8, 4) is 0 Å². The fourth-order valence-corrected chi connectivity index (χ4v) is 2.42. The molecule has 0 saturated heterocycles. The van der Waals surface area contributed by atoms with E-state index in [1.807, 2.05) is 0 Å². The topological polar surface area (TPSA) is 17.1 Å². The third kappa shape index (κ3) is 1.60. The summed E-state index contributed by atoms with van der Waals surface area (Å²) in [5.74, 6) is 1.24. The zero-order valence-corrected chi connectivity index (χ0v) is 7.51. The van der Waals surface area contributed by atoms with Gasteiger partial charge in [0.15, 0.2) is 0 Å². The number of allylic oxidation sites excluding steroid dienone is 2. The van der Waals surface area contributed by atoms with E-state index in [0.29, 0.717) is 5.78 Å². The lowest BCUT2D eigenvalue weighted by Gasteiger charge is -2.14. The van der Waals surface area contributed by atoms with Gasteiger partial charge in [-0.25, -0.2) is 0 Å². The van der Waals surface area contributed by atoms with Crippen LogP contribution < -0.4 is 0 Å². The molecule has 2 aliphatic carbocycles. The monoisotopic (exact) mass is 164 g/mol. The summed E-state index contributed by atoms with van der Waals surface area (Å²) >= 11 is 0. The van der Waals surface area contributed by atoms with Crippen LogP contribution in [0.25, 0.3) is 0 Å². The van der Waals surface area contributed by atoms with Gasteiger partial charge in [-0.05, 0) is 38.0 Å². The van der Waals surface area contributed by atoms with Crippen molar-refractivity contribution in [2.75, 3.05) is 0 Å². The SMILES string of the molecule is O=C1CC/C=C2/CCC[C@@H]2CC1. The van der Waals surface area contributed by atoms with E-state index in [0.717, 1.165) is 31.6 Å². The Kier molecular flexibility index (Phi) is 2.29. The maximum absolute atomic E-state index is 11.2. The maximum atomic E-state index is 11.2. The van der Waals surface area contributed by atoms with Gasteiger partial charge in [-0.2, -0.15) is 0 Å². The summed E-state index contributed by atoms with van der Waals surface area (Å²) < 4.78 is 0. The van der Waals surface area contributed by atoms with Crippen LogP contribution >= 0.6 is 0 Å². The minimum Gasteiger partial charge on any atom is -0.300 e. The van der Waals surface area contributed by atoms with Crippen molar-refractivity contribution in [1.82, 2.24) is 0 Å². The molecular weight excluding hydrogens is 148 g/mol. The quantitative estimate of drug-likeness (QED) is 0.503. The van der Waals surface area contributed by atoms with Gasteiger partial charge in [0.25, 0.3) is 0 Å². The predicted octanol–water partition coefficient (Wildman–Crippen LogP) is 2.86. The molecule has 1 fully saturated rings. The molecule has 0 heterocycles. The normalized spacial score (nSPS) is 34.8. The molecule has 0 bridgehead atoms. The van der Waals surface area contributed by atoms with Gasteiger partial charge in [-0.15, -0.1) is 0 Å². The Bertz CT molecular complexity index is 215. The van der Waals surface area contributed by atoms with Crippen LogP contribution in [0, 0.1) is 5.92 Å². The molecule has 2 rings (SSSR count). The molecule has 1 saturated carbocycles. The van der Waals surface area contributed by atoms with Crippen molar-refractivity contribution in [3.05, 3.63) is 11.6 Å². The van der Waals surface area contributed by atoms with Crippen molar-refractivity contribution < 1.29 is 4.79 Å². The Morgan fingerprint density at radius 2 is 2.08 bits per heavy atom. The highest BCUT2D eigenvalue weighted by molar-refractivity contribution is 5.78. The Labute approximate surface area is 73.8 Å². The first kappa shape index (κ1) is 8.03. The Morgan fingerprint density at radius 1 is 1.17 bits per heavy atom. The van der Waals surface area contributed by atoms with Gasteiger partial charge < -0.3 is 0 Å². The van der Waals surface area contributed by atoms with Gasteiger partial charge in [0, 0.05) is 12.8 Å². The summed E-state index contributed by atoms with van der Waals surface area (Å²) in [7, 11) is 0. The molecule has 0 radical (unpaired) electrons. The van der Waals surface area contributed by atoms with Crippen LogP contribution in [0.2, 0.25) is 0 Å². The minimum absolute atomic E-state index is 0.470. The molecule has 2 aliphatic rings. The predicted molar refractivity (Wildman–Crippen MR) is 48.9 cm³/mol. The second-order valence-corrected chi connectivity index (χ2v) is 3.98. The number of hydrogen-bond acceptors (Lipinski definition) is 1. The fraction of sp³-hybridized carbons (Fsp3) is 0.727. The summed E-state index contributed by atoms with van der Waals surface area (Å²) in [6.45, 7) is 0. The van der Waals surface area contributed by atoms with Crippen molar-refractivity contribution >= 4 is 5.78 Å². The highest BCUT2D eigenvalue weighted by Gasteiger charge is 2.22. The number of ketones is 1. The average Bonchev–Trinajstić information content (AvgIpc) is 2.45. The van der Waals surface area contributed by atoms with Gasteiger partial charge in [0.2, 0.25) is 0 Å². The van der Waals surface area contributed by atoms with Gasteiger partial charge in [-0.3, -0.25) is 4.79 Å². The molecular formula is C11H16O. The largest absolute Gasteiger partial charge is 0.300 e. The maximum Gasteiger partial charge on any atom is 0.133 e. The first-order chi connectivity index (χ1) is 5.86. The van der Waals surface area contributed by atoms with Gasteiger partial charge in [-0.1, -0.05) is 11.6 Å². The third-order valence-electron chi connectivity index (χ3n) is 3.14. The van der Waals surface area contributed by atoms with Crippen LogP contribution in [0.3, 0.4) is 0 Å². The third-order valence-corrected chi connectivity index (χ3v) is 3.14. The van der Waals surface area contributed by atoms with E-state index in [1.165, 1.54) is 19.3 Å².